The van der Waals surface area contributed by atoms with Crippen LogP contribution in [-0.4, -0.2) is 23.5 Å². The predicted molar refractivity (Wildman–Crippen MR) is 173 cm³/mol. The fourth-order valence-corrected chi connectivity index (χ4v) is 5.10. The third-order valence-electron chi connectivity index (χ3n) is 6.41. The van der Waals surface area contributed by atoms with E-state index in [1.807, 2.05) is 68.4 Å². The molecule has 4 rings (SSSR count). The van der Waals surface area contributed by atoms with Crippen LogP contribution in [0.25, 0.3) is 6.08 Å². The van der Waals surface area contributed by atoms with Gasteiger partial charge in [-0.05, 0) is 90.6 Å². The molecular formula is C35H35N3O3S. The molecule has 0 atom stereocenters. The van der Waals surface area contributed by atoms with Crippen molar-refractivity contribution in [3.63, 3.8) is 0 Å². The number of anilines is 2. The highest BCUT2D eigenvalue weighted by Crippen LogP contribution is 2.23. The van der Waals surface area contributed by atoms with E-state index in [2.05, 4.69) is 35.9 Å². The topological polar surface area (TPSA) is 87.3 Å². The van der Waals surface area contributed by atoms with Crippen LogP contribution in [0.3, 0.4) is 0 Å². The van der Waals surface area contributed by atoms with Gasteiger partial charge in [0.15, 0.2) is 0 Å². The number of aryl methyl sites for hydroxylation is 2. The molecule has 0 aliphatic carbocycles. The molecule has 0 bridgehead atoms. The second-order valence-electron chi connectivity index (χ2n) is 10.4. The first-order valence-corrected chi connectivity index (χ1v) is 14.8. The molecule has 4 aromatic carbocycles. The molecule has 3 N–H and O–H groups in total. The van der Waals surface area contributed by atoms with Crippen LogP contribution in [0, 0.1) is 13.8 Å². The van der Waals surface area contributed by atoms with Gasteiger partial charge in [-0.15, -0.1) is 11.8 Å². The number of rotatable bonds is 10. The highest BCUT2D eigenvalue weighted by molar-refractivity contribution is 8.00. The molecule has 7 heteroatoms. The lowest BCUT2D eigenvalue weighted by Gasteiger charge is -2.13. The van der Waals surface area contributed by atoms with Gasteiger partial charge in [-0.25, -0.2) is 0 Å². The van der Waals surface area contributed by atoms with Gasteiger partial charge >= 0.3 is 0 Å². The van der Waals surface area contributed by atoms with E-state index in [1.165, 1.54) is 17.3 Å². The van der Waals surface area contributed by atoms with Gasteiger partial charge < -0.3 is 16.0 Å². The molecule has 3 amide bonds. The van der Waals surface area contributed by atoms with Crippen molar-refractivity contribution in [3.05, 3.63) is 131 Å². The quantitative estimate of drug-likeness (QED) is 0.134. The van der Waals surface area contributed by atoms with Crippen molar-refractivity contribution in [2.24, 2.45) is 0 Å². The van der Waals surface area contributed by atoms with Gasteiger partial charge in [-0.1, -0.05) is 68.4 Å². The maximum atomic E-state index is 13.4. The van der Waals surface area contributed by atoms with Gasteiger partial charge in [-0.3, -0.25) is 14.4 Å². The molecular weight excluding hydrogens is 542 g/mol. The van der Waals surface area contributed by atoms with Gasteiger partial charge in [0.1, 0.15) is 5.70 Å². The molecule has 0 aromatic heterocycles. The molecule has 0 saturated carbocycles. The van der Waals surface area contributed by atoms with E-state index in [9.17, 15) is 14.4 Å². The number of benzene rings is 4. The average molecular weight is 578 g/mol. The van der Waals surface area contributed by atoms with Crippen LogP contribution in [0.5, 0.6) is 0 Å². The highest BCUT2D eigenvalue weighted by atomic mass is 32.2. The summed E-state index contributed by atoms with van der Waals surface area (Å²) in [5.74, 6) is -0.352. The lowest BCUT2D eigenvalue weighted by Crippen LogP contribution is -2.30. The second-order valence-corrected chi connectivity index (χ2v) is 11.4. The number of hydrogen-bond donors (Lipinski definition) is 3. The Morgan fingerprint density at radius 1 is 0.762 bits per heavy atom. The van der Waals surface area contributed by atoms with E-state index in [0.29, 0.717) is 17.2 Å². The van der Waals surface area contributed by atoms with Crippen LogP contribution >= 0.6 is 11.8 Å². The zero-order valence-corrected chi connectivity index (χ0v) is 25.0. The standard InChI is InChI=1S/C35H35N3O3S/c1-23(2)27-15-13-26(14-16-27)20-32(38-34(40)28-9-6-5-7-10-28)35(41)37-29-11-8-12-31(21-29)42-22-33(39)36-30-18-24(3)17-25(4)19-30/h5-21,23H,22H2,1-4H3,(H,36,39)(H,37,41)(H,38,40)/b32-20+. The summed E-state index contributed by atoms with van der Waals surface area (Å²) in [6, 6.07) is 29.9. The van der Waals surface area contributed by atoms with E-state index in [1.54, 1.807) is 42.5 Å². The Hall–Kier alpha value is -4.62. The minimum Gasteiger partial charge on any atom is -0.325 e. The summed E-state index contributed by atoms with van der Waals surface area (Å²) < 4.78 is 0. The summed E-state index contributed by atoms with van der Waals surface area (Å²) in [5, 5.41) is 8.61. The number of amides is 3. The molecule has 0 saturated heterocycles. The average Bonchev–Trinajstić information content (AvgIpc) is 2.96. The fraction of sp³-hybridized carbons (Fsp3) is 0.171. The minimum atomic E-state index is -0.457. The van der Waals surface area contributed by atoms with Crippen molar-refractivity contribution in [2.75, 3.05) is 16.4 Å². The first-order chi connectivity index (χ1) is 20.2. The molecule has 0 aliphatic heterocycles. The van der Waals surface area contributed by atoms with E-state index in [-0.39, 0.29) is 23.3 Å². The Bertz CT molecular complexity index is 1580. The van der Waals surface area contributed by atoms with E-state index in [0.717, 1.165) is 27.3 Å². The molecule has 4 aromatic rings. The van der Waals surface area contributed by atoms with Crippen LogP contribution in [0.2, 0.25) is 0 Å². The van der Waals surface area contributed by atoms with Crippen molar-refractivity contribution >= 4 is 46.9 Å². The Morgan fingerprint density at radius 2 is 1.45 bits per heavy atom. The Kier molecular flexibility index (Phi) is 10.3. The summed E-state index contributed by atoms with van der Waals surface area (Å²) in [5.41, 5.74) is 6.03. The number of thioether (sulfide) groups is 1. The molecule has 214 valence electrons. The zero-order chi connectivity index (χ0) is 30.1. The third-order valence-corrected chi connectivity index (χ3v) is 7.40. The van der Waals surface area contributed by atoms with E-state index in [4.69, 9.17) is 0 Å². The maximum absolute atomic E-state index is 13.4. The molecule has 0 radical (unpaired) electrons. The summed E-state index contributed by atoms with van der Waals surface area (Å²) in [4.78, 5) is 39.8. The predicted octanol–water partition coefficient (Wildman–Crippen LogP) is 7.57. The SMILES string of the molecule is Cc1cc(C)cc(NC(=O)CSc2cccc(NC(=O)/C(=C\c3ccc(C(C)C)cc3)NC(=O)c3ccccc3)c2)c1. The zero-order valence-electron chi connectivity index (χ0n) is 24.2. The highest BCUT2D eigenvalue weighted by Gasteiger charge is 2.16. The molecule has 0 heterocycles. The third kappa shape index (κ3) is 8.94. The molecule has 0 fully saturated rings. The van der Waals surface area contributed by atoms with Gasteiger partial charge in [0.05, 0.1) is 5.75 Å². The lowest BCUT2D eigenvalue weighted by molar-refractivity contribution is -0.114. The first kappa shape index (κ1) is 30.3. The van der Waals surface area contributed by atoms with Crippen molar-refractivity contribution in [3.8, 4) is 0 Å². The van der Waals surface area contributed by atoms with Gasteiger partial charge in [0, 0.05) is 21.8 Å². The van der Waals surface area contributed by atoms with Crippen molar-refractivity contribution in [2.45, 2.75) is 38.5 Å². The molecule has 0 spiro atoms. The number of hydrogen-bond acceptors (Lipinski definition) is 4. The number of nitrogens with one attached hydrogen (secondary N) is 3. The van der Waals surface area contributed by atoms with Crippen LogP contribution in [0.1, 0.15) is 52.4 Å². The van der Waals surface area contributed by atoms with Crippen LogP contribution < -0.4 is 16.0 Å². The molecule has 0 aliphatic rings. The Morgan fingerprint density at radius 3 is 2.12 bits per heavy atom. The van der Waals surface area contributed by atoms with Crippen molar-refractivity contribution in [1.29, 1.82) is 0 Å². The monoisotopic (exact) mass is 577 g/mol. The summed E-state index contributed by atoms with van der Waals surface area (Å²) >= 11 is 1.37. The van der Waals surface area contributed by atoms with E-state index < -0.39 is 5.91 Å². The van der Waals surface area contributed by atoms with Crippen LogP contribution in [0.15, 0.2) is 108 Å². The summed E-state index contributed by atoms with van der Waals surface area (Å²) in [6.45, 7) is 8.22. The minimum absolute atomic E-state index is 0.114. The summed E-state index contributed by atoms with van der Waals surface area (Å²) in [6.07, 6.45) is 1.66. The number of carbonyl (C=O) groups excluding carboxylic acids is 3. The first-order valence-electron chi connectivity index (χ1n) is 13.8. The van der Waals surface area contributed by atoms with Crippen molar-refractivity contribution < 1.29 is 14.4 Å². The normalized spacial score (nSPS) is 11.2. The molecule has 0 unspecified atom stereocenters. The Balaban J connectivity index is 1.46. The second kappa shape index (κ2) is 14.3. The largest absolute Gasteiger partial charge is 0.325 e. The van der Waals surface area contributed by atoms with E-state index >= 15 is 0 Å². The smallest absolute Gasteiger partial charge is 0.272 e. The van der Waals surface area contributed by atoms with Crippen molar-refractivity contribution in [1.82, 2.24) is 5.32 Å². The lowest BCUT2D eigenvalue weighted by atomic mass is 10.0. The van der Waals surface area contributed by atoms with Gasteiger partial charge in [-0.2, -0.15) is 0 Å². The number of carbonyl (C=O) groups is 3. The van der Waals surface area contributed by atoms with Gasteiger partial charge in [0.2, 0.25) is 5.91 Å². The Labute approximate surface area is 251 Å². The van der Waals surface area contributed by atoms with Crippen LogP contribution in [-0.2, 0) is 9.59 Å². The molecule has 6 nitrogen and oxygen atoms in total. The summed E-state index contributed by atoms with van der Waals surface area (Å²) in [7, 11) is 0. The fourth-order valence-electron chi connectivity index (χ4n) is 4.34. The molecule has 42 heavy (non-hydrogen) atoms. The maximum Gasteiger partial charge on any atom is 0.272 e. The van der Waals surface area contributed by atoms with Crippen LogP contribution in [0.4, 0.5) is 11.4 Å². The van der Waals surface area contributed by atoms with Gasteiger partial charge in [0.25, 0.3) is 11.8 Å².